The van der Waals surface area contributed by atoms with Crippen LogP contribution >= 0.6 is 11.8 Å². The van der Waals surface area contributed by atoms with Crippen molar-refractivity contribution in [1.82, 2.24) is 5.32 Å². The van der Waals surface area contributed by atoms with Gasteiger partial charge in [0.05, 0.1) is 7.11 Å². The van der Waals surface area contributed by atoms with Crippen LogP contribution in [-0.4, -0.2) is 35.7 Å². The molecule has 0 aromatic rings. The maximum absolute atomic E-state index is 11.7. The Morgan fingerprint density at radius 2 is 1.88 bits per heavy atom. The Morgan fingerprint density at radius 1 is 1.29 bits per heavy atom. The van der Waals surface area contributed by atoms with E-state index >= 15 is 0 Å². The van der Waals surface area contributed by atoms with E-state index in [1.807, 2.05) is 25.6 Å². The fourth-order valence-corrected chi connectivity index (χ4v) is 2.58. The lowest BCUT2D eigenvalue weighted by Gasteiger charge is -2.28. The summed E-state index contributed by atoms with van der Waals surface area (Å²) in [4.78, 5) is 11.7. The number of ether oxygens (including phenoxy) is 1. The minimum absolute atomic E-state index is 0.167. The number of thioether (sulfide) groups is 1. The van der Waals surface area contributed by atoms with Gasteiger partial charge in [-0.05, 0) is 32.1 Å². The molecule has 0 saturated heterocycles. The molecule has 0 spiro atoms. The van der Waals surface area contributed by atoms with Gasteiger partial charge >= 0.3 is 5.97 Å². The molecule has 0 saturated carbocycles. The summed E-state index contributed by atoms with van der Waals surface area (Å²) < 4.78 is 5.15. The molecule has 0 heterocycles. The van der Waals surface area contributed by atoms with Crippen LogP contribution in [0, 0.1) is 0 Å². The zero-order chi connectivity index (χ0) is 13.5. The highest BCUT2D eigenvalue weighted by molar-refractivity contribution is 8.00. The number of hydrogen-bond donors (Lipinski definition) is 1. The number of methoxy groups -OCH3 is 1. The number of carbonyl (C=O) groups is 1. The van der Waals surface area contributed by atoms with E-state index in [4.69, 9.17) is 4.74 Å². The zero-order valence-electron chi connectivity index (χ0n) is 12.1. The van der Waals surface area contributed by atoms with Gasteiger partial charge in [-0.2, -0.15) is 11.8 Å². The van der Waals surface area contributed by atoms with E-state index in [1.54, 1.807) is 0 Å². The highest BCUT2D eigenvalue weighted by atomic mass is 32.2. The lowest BCUT2D eigenvalue weighted by molar-refractivity contribution is -0.148. The van der Waals surface area contributed by atoms with E-state index in [0.29, 0.717) is 4.75 Å². The first-order valence-electron chi connectivity index (χ1n) is 6.22. The standard InChI is InChI=1S/C13H27NO2S/c1-7-14-13(5,11(15)16-6)9-8-10-17-12(2,3)4/h14H,7-10H2,1-6H3. The van der Waals surface area contributed by atoms with Gasteiger partial charge in [-0.15, -0.1) is 0 Å². The molecule has 102 valence electrons. The van der Waals surface area contributed by atoms with Crippen molar-refractivity contribution >= 4 is 17.7 Å². The minimum atomic E-state index is -0.540. The molecular formula is C13H27NO2S. The fraction of sp³-hybridized carbons (Fsp3) is 0.923. The third-order valence-electron chi connectivity index (χ3n) is 2.56. The van der Waals surface area contributed by atoms with Crippen LogP contribution in [0.2, 0.25) is 0 Å². The van der Waals surface area contributed by atoms with E-state index in [1.165, 1.54) is 7.11 Å². The normalized spacial score (nSPS) is 15.4. The zero-order valence-corrected chi connectivity index (χ0v) is 12.9. The predicted molar refractivity (Wildman–Crippen MR) is 75.5 cm³/mol. The quantitative estimate of drug-likeness (QED) is 0.565. The largest absolute Gasteiger partial charge is 0.468 e. The molecule has 0 aliphatic carbocycles. The molecule has 3 nitrogen and oxygen atoms in total. The Bertz CT molecular complexity index is 238. The summed E-state index contributed by atoms with van der Waals surface area (Å²) in [6.45, 7) is 11.3. The van der Waals surface area contributed by atoms with Crippen LogP contribution in [0.4, 0.5) is 0 Å². The van der Waals surface area contributed by atoms with Crippen molar-refractivity contribution in [3.05, 3.63) is 0 Å². The Balaban J connectivity index is 4.14. The number of hydrogen-bond acceptors (Lipinski definition) is 4. The van der Waals surface area contributed by atoms with Crippen LogP contribution in [-0.2, 0) is 9.53 Å². The van der Waals surface area contributed by atoms with Gasteiger partial charge in [-0.25, -0.2) is 0 Å². The Hall–Kier alpha value is -0.220. The Kier molecular flexibility index (Phi) is 7.17. The molecule has 1 N–H and O–H groups in total. The van der Waals surface area contributed by atoms with Crippen molar-refractivity contribution in [2.24, 2.45) is 0 Å². The number of likely N-dealkylation sites (N-methyl/N-ethyl adjacent to an activating group) is 1. The third-order valence-corrected chi connectivity index (χ3v) is 3.92. The molecule has 0 amide bonds. The topological polar surface area (TPSA) is 38.3 Å². The molecule has 4 heteroatoms. The highest BCUT2D eigenvalue weighted by Gasteiger charge is 2.32. The number of esters is 1. The fourth-order valence-electron chi connectivity index (χ4n) is 1.68. The van der Waals surface area contributed by atoms with Crippen molar-refractivity contribution in [2.75, 3.05) is 19.4 Å². The van der Waals surface area contributed by atoms with Crippen LogP contribution in [0.25, 0.3) is 0 Å². The number of nitrogens with one attached hydrogen (secondary N) is 1. The molecule has 0 fully saturated rings. The maximum Gasteiger partial charge on any atom is 0.325 e. The summed E-state index contributed by atoms with van der Waals surface area (Å²) in [5.74, 6) is 0.904. The van der Waals surface area contributed by atoms with Gasteiger partial charge in [0.25, 0.3) is 0 Å². The van der Waals surface area contributed by atoms with Crippen LogP contribution in [0.3, 0.4) is 0 Å². The molecule has 0 aliphatic rings. The second kappa shape index (κ2) is 7.27. The maximum atomic E-state index is 11.7. The minimum Gasteiger partial charge on any atom is -0.468 e. The average molecular weight is 261 g/mol. The van der Waals surface area contributed by atoms with Crippen LogP contribution in [0.5, 0.6) is 0 Å². The molecule has 17 heavy (non-hydrogen) atoms. The lowest BCUT2D eigenvalue weighted by Crippen LogP contribution is -2.50. The van der Waals surface area contributed by atoms with E-state index < -0.39 is 5.54 Å². The van der Waals surface area contributed by atoms with Crippen molar-refractivity contribution in [3.8, 4) is 0 Å². The van der Waals surface area contributed by atoms with Crippen LogP contribution < -0.4 is 5.32 Å². The van der Waals surface area contributed by atoms with Gasteiger partial charge in [0, 0.05) is 4.75 Å². The van der Waals surface area contributed by atoms with Gasteiger partial charge in [0.15, 0.2) is 0 Å². The molecule has 0 radical (unpaired) electrons. The van der Waals surface area contributed by atoms with Crippen molar-refractivity contribution in [3.63, 3.8) is 0 Å². The van der Waals surface area contributed by atoms with E-state index in [9.17, 15) is 4.79 Å². The summed E-state index contributed by atoms with van der Waals surface area (Å²) in [5, 5.41) is 3.22. The first-order chi connectivity index (χ1) is 7.75. The SMILES string of the molecule is CCNC(C)(CCCSC(C)(C)C)C(=O)OC. The third kappa shape index (κ3) is 6.94. The first kappa shape index (κ1) is 16.8. The molecule has 0 bridgehead atoms. The van der Waals surface area contributed by atoms with Gasteiger partial charge in [-0.1, -0.05) is 27.7 Å². The van der Waals surface area contributed by atoms with Gasteiger partial charge in [-0.3, -0.25) is 4.79 Å². The molecule has 1 unspecified atom stereocenters. The monoisotopic (exact) mass is 261 g/mol. The number of rotatable bonds is 7. The summed E-state index contributed by atoms with van der Waals surface area (Å²) in [7, 11) is 1.45. The molecular weight excluding hydrogens is 234 g/mol. The van der Waals surface area contributed by atoms with Gasteiger partial charge < -0.3 is 10.1 Å². The predicted octanol–water partition coefficient (Wildman–Crippen LogP) is 2.84. The van der Waals surface area contributed by atoms with Gasteiger partial charge in [0.1, 0.15) is 5.54 Å². The molecule has 0 aliphatic heterocycles. The molecule has 0 aromatic carbocycles. The smallest absolute Gasteiger partial charge is 0.325 e. The van der Waals surface area contributed by atoms with Crippen LogP contribution in [0.15, 0.2) is 0 Å². The van der Waals surface area contributed by atoms with Crippen LogP contribution in [0.1, 0.15) is 47.5 Å². The van der Waals surface area contributed by atoms with Crippen molar-refractivity contribution in [2.45, 2.75) is 57.7 Å². The van der Waals surface area contributed by atoms with E-state index in [-0.39, 0.29) is 5.97 Å². The summed E-state index contributed by atoms with van der Waals surface area (Å²) in [6, 6.07) is 0. The summed E-state index contributed by atoms with van der Waals surface area (Å²) in [6.07, 6.45) is 1.83. The molecule has 0 aromatic heterocycles. The number of carbonyl (C=O) groups excluding carboxylic acids is 1. The molecule has 1 atom stereocenters. The second-order valence-corrected chi connectivity index (χ2v) is 7.34. The average Bonchev–Trinajstić information content (AvgIpc) is 2.22. The summed E-state index contributed by atoms with van der Waals surface area (Å²) in [5.41, 5.74) is -0.540. The lowest BCUT2D eigenvalue weighted by atomic mass is 9.96. The van der Waals surface area contributed by atoms with E-state index in [0.717, 1.165) is 25.1 Å². The van der Waals surface area contributed by atoms with Crippen molar-refractivity contribution in [1.29, 1.82) is 0 Å². The Morgan fingerprint density at radius 3 is 2.29 bits per heavy atom. The second-order valence-electron chi connectivity index (χ2n) is 5.42. The Labute approximate surface area is 110 Å². The van der Waals surface area contributed by atoms with Gasteiger partial charge in [0.2, 0.25) is 0 Å². The van der Waals surface area contributed by atoms with E-state index in [2.05, 4.69) is 26.1 Å². The first-order valence-corrected chi connectivity index (χ1v) is 7.21. The van der Waals surface area contributed by atoms with Crippen molar-refractivity contribution < 1.29 is 9.53 Å². The molecule has 0 rings (SSSR count). The summed E-state index contributed by atoms with van der Waals surface area (Å²) >= 11 is 1.93. The highest BCUT2D eigenvalue weighted by Crippen LogP contribution is 2.25.